The van der Waals surface area contributed by atoms with Crippen molar-refractivity contribution in [1.29, 1.82) is 0 Å². The largest absolute Gasteiger partial charge is 0.343 e. The van der Waals surface area contributed by atoms with Crippen LogP contribution in [0, 0.1) is 0 Å². The van der Waals surface area contributed by atoms with Crippen molar-refractivity contribution in [3.63, 3.8) is 0 Å². The van der Waals surface area contributed by atoms with Gasteiger partial charge < -0.3 is 9.88 Å². The first-order chi connectivity index (χ1) is 14.5. The normalized spacial score (nSPS) is 15.1. The monoisotopic (exact) mass is 428 g/mol. The lowest BCUT2D eigenvalue weighted by Crippen LogP contribution is -2.38. The number of fused-ring (bicyclic) bond motifs is 1. The minimum Gasteiger partial charge on any atom is -0.343 e. The average molecular weight is 429 g/mol. The van der Waals surface area contributed by atoms with E-state index in [1.165, 1.54) is 0 Å². The first kappa shape index (κ1) is 20.5. The highest BCUT2D eigenvalue weighted by atomic mass is 35.5. The number of likely N-dealkylation sites (tertiary alicyclic amines) is 1. The van der Waals surface area contributed by atoms with E-state index in [4.69, 9.17) is 16.6 Å². The second-order valence-electron chi connectivity index (χ2n) is 7.76. The second kappa shape index (κ2) is 8.95. The Hall–Kier alpha value is -2.74. The van der Waals surface area contributed by atoms with Gasteiger partial charge in [-0.25, -0.2) is 9.67 Å². The molecule has 1 aliphatic rings. The number of hydrogen-bond acceptors (Lipinski definition) is 5. The summed E-state index contributed by atoms with van der Waals surface area (Å²) in [4.78, 5) is 34.3. The molecule has 158 valence electrons. The number of aromatic amines is 1. The van der Waals surface area contributed by atoms with Crippen LogP contribution in [-0.2, 0) is 11.3 Å². The fourth-order valence-electron chi connectivity index (χ4n) is 3.88. The molecule has 0 spiro atoms. The minimum atomic E-state index is -0.284. The lowest BCUT2D eigenvalue weighted by molar-refractivity contribution is -0.132. The number of amides is 1. The molecule has 0 atom stereocenters. The number of rotatable bonds is 6. The maximum Gasteiger partial charge on any atom is 0.281 e. The molecule has 9 heteroatoms. The highest BCUT2D eigenvalue weighted by Crippen LogP contribution is 2.26. The second-order valence-corrected chi connectivity index (χ2v) is 8.20. The van der Waals surface area contributed by atoms with Crippen molar-refractivity contribution >= 4 is 28.7 Å². The van der Waals surface area contributed by atoms with Crippen molar-refractivity contribution in [2.75, 3.05) is 13.1 Å². The van der Waals surface area contributed by atoms with Crippen LogP contribution in [0.15, 0.2) is 29.1 Å². The Morgan fingerprint density at radius 1 is 1.30 bits per heavy atom. The molecule has 3 heterocycles. The van der Waals surface area contributed by atoms with Gasteiger partial charge in [-0.3, -0.25) is 9.59 Å². The summed E-state index contributed by atoms with van der Waals surface area (Å²) in [6, 6.07) is 7.48. The molecule has 3 aromatic rings. The van der Waals surface area contributed by atoms with Gasteiger partial charge in [0.15, 0.2) is 11.2 Å². The van der Waals surface area contributed by atoms with E-state index in [0.29, 0.717) is 42.5 Å². The van der Waals surface area contributed by atoms with Crippen molar-refractivity contribution < 1.29 is 4.79 Å². The zero-order chi connectivity index (χ0) is 21.1. The number of carbonyl (C=O) groups is 1. The summed E-state index contributed by atoms with van der Waals surface area (Å²) in [7, 11) is 0. The maximum atomic E-state index is 12.6. The molecule has 2 aromatic heterocycles. The van der Waals surface area contributed by atoms with Crippen molar-refractivity contribution in [1.82, 2.24) is 29.9 Å². The fraction of sp³-hybridized carbons (Fsp3) is 0.476. The average Bonchev–Trinajstić information content (AvgIpc) is 3.15. The molecule has 4 rings (SSSR count). The summed E-state index contributed by atoms with van der Waals surface area (Å²) >= 11 is 6.07. The minimum absolute atomic E-state index is 0.104. The molecule has 0 saturated carbocycles. The Morgan fingerprint density at radius 2 is 2.10 bits per heavy atom. The number of benzene rings is 1. The summed E-state index contributed by atoms with van der Waals surface area (Å²) in [5, 5.41) is 8.77. The van der Waals surface area contributed by atoms with Gasteiger partial charge in [-0.1, -0.05) is 42.3 Å². The molecule has 0 bridgehead atoms. The molecule has 1 saturated heterocycles. The Balaban J connectivity index is 1.53. The lowest BCUT2D eigenvalue weighted by Gasteiger charge is -2.31. The predicted molar refractivity (Wildman–Crippen MR) is 115 cm³/mol. The predicted octanol–water partition coefficient (Wildman–Crippen LogP) is 3.11. The van der Waals surface area contributed by atoms with Gasteiger partial charge >= 0.3 is 0 Å². The Labute approximate surface area is 179 Å². The molecule has 30 heavy (non-hydrogen) atoms. The van der Waals surface area contributed by atoms with Gasteiger partial charge in [0.1, 0.15) is 5.82 Å². The number of piperidine rings is 1. The first-order valence-electron chi connectivity index (χ1n) is 10.4. The summed E-state index contributed by atoms with van der Waals surface area (Å²) in [5.41, 5.74) is 1.37. The third kappa shape index (κ3) is 4.38. The van der Waals surface area contributed by atoms with Gasteiger partial charge in [0.25, 0.3) is 5.56 Å². The molecular weight excluding hydrogens is 404 g/mol. The summed E-state index contributed by atoms with van der Waals surface area (Å²) in [6.45, 7) is 3.89. The fourth-order valence-corrected chi connectivity index (χ4v) is 4.09. The lowest BCUT2D eigenvalue weighted by atomic mass is 9.95. The van der Waals surface area contributed by atoms with Gasteiger partial charge in [0.05, 0.1) is 6.54 Å². The van der Waals surface area contributed by atoms with Crippen LogP contribution in [0.1, 0.15) is 56.3 Å². The van der Waals surface area contributed by atoms with Crippen molar-refractivity contribution in [3.8, 4) is 0 Å². The molecule has 1 amide bonds. The summed E-state index contributed by atoms with van der Waals surface area (Å²) in [5.74, 6) is 0.964. The standard InChI is InChI=1S/C21H25ClN6O2/c1-2-3-7-17(29)27-10-8-15(9-11-27)19-23-20-18(21(30)24-19)25-26-28(20)13-14-5-4-6-16(22)12-14/h4-6,12,15H,2-3,7-11,13H2,1H3,(H,23,24,30). The van der Waals surface area contributed by atoms with E-state index >= 15 is 0 Å². The molecular formula is C21H25ClN6O2. The number of aromatic nitrogens is 5. The maximum absolute atomic E-state index is 12.6. The van der Waals surface area contributed by atoms with Gasteiger partial charge in [0.2, 0.25) is 5.91 Å². The van der Waals surface area contributed by atoms with E-state index in [-0.39, 0.29) is 22.9 Å². The highest BCUT2D eigenvalue weighted by Gasteiger charge is 2.26. The zero-order valence-corrected chi connectivity index (χ0v) is 17.7. The van der Waals surface area contributed by atoms with Crippen LogP contribution >= 0.6 is 11.6 Å². The first-order valence-corrected chi connectivity index (χ1v) is 10.8. The van der Waals surface area contributed by atoms with Crippen LogP contribution < -0.4 is 5.56 Å². The van der Waals surface area contributed by atoms with Crippen LogP contribution in [0.5, 0.6) is 0 Å². The van der Waals surface area contributed by atoms with Gasteiger partial charge in [0, 0.05) is 30.5 Å². The van der Waals surface area contributed by atoms with Gasteiger partial charge in [-0.2, -0.15) is 0 Å². The number of nitrogens with one attached hydrogen (secondary N) is 1. The SMILES string of the molecule is CCCCC(=O)N1CCC(c2nc3c(nnn3Cc3cccc(Cl)c3)c(=O)[nH]2)CC1. The summed E-state index contributed by atoms with van der Waals surface area (Å²) in [6.07, 6.45) is 4.11. The number of hydrogen-bond donors (Lipinski definition) is 1. The molecule has 0 aliphatic carbocycles. The number of halogens is 1. The Kier molecular flexibility index (Phi) is 6.13. The van der Waals surface area contributed by atoms with Crippen LogP contribution in [0.4, 0.5) is 0 Å². The van der Waals surface area contributed by atoms with Gasteiger partial charge in [-0.05, 0) is 37.0 Å². The molecule has 1 fully saturated rings. The zero-order valence-electron chi connectivity index (χ0n) is 17.0. The van der Waals surface area contributed by atoms with E-state index in [9.17, 15) is 9.59 Å². The molecule has 0 radical (unpaired) electrons. The van der Waals surface area contributed by atoms with Gasteiger partial charge in [-0.15, -0.1) is 5.10 Å². The van der Waals surface area contributed by atoms with Crippen LogP contribution in [-0.4, -0.2) is 48.9 Å². The van der Waals surface area contributed by atoms with E-state index in [2.05, 4.69) is 22.2 Å². The third-order valence-corrected chi connectivity index (χ3v) is 5.83. The molecule has 1 aromatic carbocycles. The summed E-state index contributed by atoms with van der Waals surface area (Å²) < 4.78 is 1.63. The Morgan fingerprint density at radius 3 is 2.83 bits per heavy atom. The Bertz CT molecular complexity index is 1100. The number of nitrogens with zero attached hydrogens (tertiary/aromatic N) is 5. The van der Waals surface area contributed by atoms with E-state index in [0.717, 1.165) is 31.2 Å². The third-order valence-electron chi connectivity index (χ3n) is 5.59. The molecule has 1 aliphatic heterocycles. The molecule has 1 N–H and O–H groups in total. The van der Waals surface area contributed by atoms with E-state index in [1.807, 2.05) is 29.2 Å². The van der Waals surface area contributed by atoms with E-state index in [1.54, 1.807) is 4.68 Å². The number of H-pyrrole nitrogens is 1. The highest BCUT2D eigenvalue weighted by molar-refractivity contribution is 6.30. The number of carbonyl (C=O) groups excluding carboxylic acids is 1. The van der Waals surface area contributed by atoms with Crippen LogP contribution in [0.2, 0.25) is 5.02 Å². The quantitative estimate of drug-likeness (QED) is 0.650. The van der Waals surface area contributed by atoms with Crippen LogP contribution in [0.25, 0.3) is 11.2 Å². The van der Waals surface area contributed by atoms with Crippen LogP contribution in [0.3, 0.4) is 0 Å². The van der Waals surface area contributed by atoms with Crippen molar-refractivity contribution in [2.45, 2.75) is 51.5 Å². The number of unbranched alkanes of at least 4 members (excludes halogenated alkanes) is 1. The smallest absolute Gasteiger partial charge is 0.281 e. The van der Waals surface area contributed by atoms with E-state index < -0.39 is 0 Å². The topological polar surface area (TPSA) is 96.8 Å². The van der Waals surface area contributed by atoms with Crippen molar-refractivity contribution in [2.24, 2.45) is 0 Å². The van der Waals surface area contributed by atoms with Crippen molar-refractivity contribution in [3.05, 3.63) is 51.0 Å². The molecule has 0 unspecified atom stereocenters. The molecule has 8 nitrogen and oxygen atoms in total.